The first-order valence-corrected chi connectivity index (χ1v) is 10.8. The summed E-state index contributed by atoms with van der Waals surface area (Å²) in [6.45, 7) is 1.91. The van der Waals surface area contributed by atoms with Crippen LogP contribution in [-0.4, -0.2) is 10.9 Å². The van der Waals surface area contributed by atoms with Gasteiger partial charge < -0.3 is 11.1 Å². The highest BCUT2D eigenvalue weighted by Gasteiger charge is 2.26. The molecule has 0 aliphatic heterocycles. The van der Waals surface area contributed by atoms with E-state index in [0.29, 0.717) is 21.1 Å². The molecule has 1 aliphatic rings. The second-order valence-electron chi connectivity index (χ2n) is 6.99. The highest BCUT2D eigenvalue weighted by atomic mass is 32.1. The largest absolute Gasteiger partial charge is 0.397 e. The Bertz CT molecular complexity index is 1340. The third kappa shape index (κ3) is 2.80. The molecule has 0 bridgehead atoms. The molecule has 3 N–H and O–H groups in total. The number of hydrogen-bond acceptors (Lipinski definition) is 6. The number of fused-ring (bicyclic) bond motifs is 4. The molecule has 0 radical (unpaired) electrons. The molecule has 0 saturated heterocycles. The fraction of sp³-hybridized carbons (Fsp3) is 0.136. The molecule has 1 amide bonds. The topological polar surface area (TPSA) is 91.8 Å². The number of nitrogens with zero attached hydrogens (tertiary/aromatic N) is 2. The Labute approximate surface area is 175 Å². The molecule has 0 saturated carbocycles. The molecule has 0 atom stereocenters. The quantitative estimate of drug-likeness (QED) is 0.473. The summed E-state index contributed by atoms with van der Waals surface area (Å²) in [5, 5.41) is 14.1. The number of anilines is 2. The summed E-state index contributed by atoms with van der Waals surface area (Å²) in [5.74, 6) is -0.300. The molecule has 4 aromatic rings. The molecule has 3 aromatic heterocycles. The third-order valence-corrected chi connectivity index (χ3v) is 7.49. The molecule has 1 aliphatic carbocycles. The summed E-state index contributed by atoms with van der Waals surface area (Å²) >= 11 is 2.74. The number of nitriles is 1. The van der Waals surface area contributed by atoms with Crippen molar-refractivity contribution >= 4 is 49.5 Å². The molecule has 142 valence electrons. The van der Waals surface area contributed by atoms with Crippen molar-refractivity contribution in [3.63, 3.8) is 0 Å². The van der Waals surface area contributed by atoms with Crippen LogP contribution in [0.5, 0.6) is 0 Å². The Balaban J connectivity index is 1.55. The Morgan fingerprint density at radius 3 is 2.86 bits per heavy atom. The molecule has 0 spiro atoms. The van der Waals surface area contributed by atoms with E-state index in [1.807, 2.05) is 31.2 Å². The minimum absolute atomic E-state index is 0.300. The van der Waals surface area contributed by atoms with Gasteiger partial charge in [-0.25, -0.2) is 4.98 Å². The maximum absolute atomic E-state index is 13.0. The molecular weight excluding hydrogens is 400 g/mol. The van der Waals surface area contributed by atoms with E-state index in [9.17, 15) is 10.1 Å². The number of pyridine rings is 1. The minimum atomic E-state index is -0.300. The summed E-state index contributed by atoms with van der Waals surface area (Å²) < 4.78 is 0. The van der Waals surface area contributed by atoms with Crippen molar-refractivity contribution in [1.29, 1.82) is 5.26 Å². The standard InChI is InChI=1S/C22H16N4OS2/c1-11-6-8-15-17(24)19(29-21(15)25-11)20(27)26-22-16(10-23)14-9-7-12-4-2-3-5-13(12)18(14)28-22/h2-6,8H,7,9,24H2,1H3,(H,26,27). The van der Waals surface area contributed by atoms with Crippen LogP contribution in [-0.2, 0) is 12.8 Å². The van der Waals surface area contributed by atoms with Crippen LogP contribution in [0.4, 0.5) is 10.7 Å². The number of carbonyl (C=O) groups excluding carboxylic acids is 1. The summed E-state index contributed by atoms with van der Waals surface area (Å²) in [7, 11) is 0. The Kier molecular flexibility index (Phi) is 4.12. The number of amides is 1. The van der Waals surface area contributed by atoms with Crippen LogP contribution >= 0.6 is 22.7 Å². The van der Waals surface area contributed by atoms with E-state index in [1.54, 1.807) is 0 Å². The van der Waals surface area contributed by atoms with E-state index < -0.39 is 0 Å². The number of thiophene rings is 2. The Morgan fingerprint density at radius 1 is 1.21 bits per heavy atom. The van der Waals surface area contributed by atoms with Gasteiger partial charge in [-0.3, -0.25) is 4.79 Å². The van der Waals surface area contributed by atoms with Crippen LogP contribution in [0.25, 0.3) is 20.7 Å². The molecular formula is C22H16N4OS2. The zero-order chi connectivity index (χ0) is 20.1. The molecule has 5 nitrogen and oxygen atoms in total. The van der Waals surface area contributed by atoms with Crippen molar-refractivity contribution in [2.75, 3.05) is 11.1 Å². The number of nitrogens with two attached hydrogens (primary N) is 1. The fourth-order valence-electron chi connectivity index (χ4n) is 3.77. The van der Waals surface area contributed by atoms with Crippen LogP contribution in [0.15, 0.2) is 36.4 Å². The second kappa shape index (κ2) is 6.69. The average molecular weight is 417 g/mol. The average Bonchev–Trinajstić information content (AvgIpc) is 3.24. The van der Waals surface area contributed by atoms with Gasteiger partial charge in [0, 0.05) is 16.0 Å². The molecule has 0 fully saturated rings. The van der Waals surface area contributed by atoms with Crippen molar-refractivity contribution in [3.8, 4) is 16.5 Å². The summed E-state index contributed by atoms with van der Waals surface area (Å²) in [4.78, 5) is 19.7. The first kappa shape index (κ1) is 17.9. The molecule has 3 heterocycles. The summed E-state index contributed by atoms with van der Waals surface area (Å²) in [6.07, 6.45) is 1.70. The number of carbonyl (C=O) groups is 1. The maximum Gasteiger partial charge on any atom is 0.268 e. The number of hydrogen-bond donors (Lipinski definition) is 2. The van der Waals surface area contributed by atoms with Gasteiger partial charge in [-0.15, -0.1) is 22.7 Å². The van der Waals surface area contributed by atoms with Gasteiger partial charge in [-0.05, 0) is 48.6 Å². The predicted octanol–water partition coefficient (Wildman–Crippen LogP) is 5.14. The summed E-state index contributed by atoms with van der Waals surface area (Å²) in [5.41, 5.74) is 11.5. The van der Waals surface area contributed by atoms with E-state index in [2.05, 4.69) is 28.5 Å². The monoisotopic (exact) mass is 416 g/mol. The Morgan fingerprint density at radius 2 is 2.03 bits per heavy atom. The van der Waals surface area contributed by atoms with Crippen molar-refractivity contribution in [2.24, 2.45) is 0 Å². The first-order valence-electron chi connectivity index (χ1n) is 9.18. The zero-order valence-corrected chi connectivity index (χ0v) is 17.2. The molecule has 29 heavy (non-hydrogen) atoms. The van der Waals surface area contributed by atoms with Gasteiger partial charge in [-0.1, -0.05) is 24.3 Å². The molecule has 7 heteroatoms. The van der Waals surface area contributed by atoms with Crippen molar-refractivity contribution < 1.29 is 4.79 Å². The van der Waals surface area contributed by atoms with Crippen LogP contribution < -0.4 is 11.1 Å². The lowest BCUT2D eigenvalue weighted by Gasteiger charge is -2.15. The minimum Gasteiger partial charge on any atom is -0.397 e. The van der Waals surface area contributed by atoms with Gasteiger partial charge in [0.25, 0.3) is 5.91 Å². The highest BCUT2D eigenvalue weighted by molar-refractivity contribution is 7.22. The lowest BCUT2D eigenvalue weighted by atomic mass is 9.90. The van der Waals surface area contributed by atoms with Gasteiger partial charge in [0.2, 0.25) is 0 Å². The lowest BCUT2D eigenvalue weighted by molar-refractivity contribution is 0.103. The number of benzene rings is 1. The lowest BCUT2D eigenvalue weighted by Crippen LogP contribution is -2.12. The maximum atomic E-state index is 13.0. The predicted molar refractivity (Wildman–Crippen MR) is 119 cm³/mol. The van der Waals surface area contributed by atoms with E-state index >= 15 is 0 Å². The van der Waals surface area contributed by atoms with Gasteiger partial charge in [0.15, 0.2) is 0 Å². The summed E-state index contributed by atoms with van der Waals surface area (Å²) in [6, 6.07) is 14.3. The second-order valence-corrected chi connectivity index (χ2v) is 9.01. The third-order valence-electron chi connectivity index (χ3n) is 5.19. The highest BCUT2D eigenvalue weighted by Crippen LogP contribution is 2.45. The zero-order valence-electron chi connectivity index (χ0n) is 15.6. The van der Waals surface area contributed by atoms with Crippen molar-refractivity contribution in [3.05, 3.63) is 63.7 Å². The van der Waals surface area contributed by atoms with Crippen molar-refractivity contribution in [2.45, 2.75) is 19.8 Å². The number of aryl methyl sites for hydroxylation is 2. The molecule has 1 aromatic carbocycles. The Hall–Kier alpha value is -3.21. The number of nitrogen functional groups attached to an aromatic ring is 1. The number of aromatic nitrogens is 1. The van der Waals surface area contributed by atoms with Crippen LogP contribution in [0.3, 0.4) is 0 Å². The van der Waals surface area contributed by atoms with Crippen LogP contribution in [0.2, 0.25) is 0 Å². The van der Waals surface area contributed by atoms with Crippen LogP contribution in [0, 0.1) is 18.3 Å². The van der Waals surface area contributed by atoms with E-state index in [0.717, 1.165) is 44.8 Å². The molecule has 5 rings (SSSR count). The first-order chi connectivity index (χ1) is 14.1. The van der Waals surface area contributed by atoms with Gasteiger partial charge >= 0.3 is 0 Å². The van der Waals surface area contributed by atoms with E-state index in [-0.39, 0.29) is 5.91 Å². The molecule has 0 unspecified atom stereocenters. The SMILES string of the molecule is Cc1ccc2c(N)c(C(=O)Nc3sc4c(c3C#N)CCc3ccccc3-4)sc2n1. The fourth-order valence-corrected chi connectivity index (χ4v) is 6.06. The normalized spacial score (nSPS) is 12.3. The number of nitrogens with one attached hydrogen (secondary N) is 1. The van der Waals surface area contributed by atoms with Gasteiger partial charge in [0.05, 0.1) is 11.3 Å². The van der Waals surface area contributed by atoms with Crippen molar-refractivity contribution in [1.82, 2.24) is 4.98 Å². The van der Waals surface area contributed by atoms with E-state index in [4.69, 9.17) is 5.73 Å². The number of rotatable bonds is 2. The van der Waals surface area contributed by atoms with Gasteiger partial charge in [-0.2, -0.15) is 5.26 Å². The van der Waals surface area contributed by atoms with Crippen LogP contribution in [0.1, 0.15) is 32.1 Å². The van der Waals surface area contributed by atoms with Gasteiger partial charge in [0.1, 0.15) is 20.8 Å². The smallest absolute Gasteiger partial charge is 0.268 e. The van der Waals surface area contributed by atoms with E-state index in [1.165, 1.54) is 28.2 Å².